The van der Waals surface area contributed by atoms with Crippen molar-refractivity contribution >= 4 is 32.5 Å². The van der Waals surface area contributed by atoms with Crippen molar-refractivity contribution in [3.05, 3.63) is 64.8 Å². The molecule has 30 heavy (non-hydrogen) atoms. The second-order valence-electron chi connectivity index (χ2n) is 7.48. The Morgan fingerprint density at radius 1 is 1.10 bits per heavy atom. The molecule has 9 heteroatoms. The van der Waals surface area contributed by atoms with Gasteiger partial charge in [0.1, 0.15) is 0 Å². The Morgan fingerprint density at radius 2 is 1.77 bits per heavy atom. The monoisotopic (exact) mass is 450 g/mol. The molecule has 2 heterocycles. The molecular formula is C21H23ClN2O5S. The number of fused-ring (bicyclic) bond motifs is 1. The molecule has 0 bridgehead atoms. The van der Waals surface area contributed by atoms with Gasteiger partial charge in [-0.2, -0.15) is 0 Å². The van der Waals surface area contributed by atoms with Crippen molar-refractivity contribution in [3.8, 4) is 0 Å². The summed E-state index contributed by atoms with van der Waals surface area (Å²) in [5, 5.41) is 22.0. The SMILES string of the molecule is CC(O)(O)c1c(CN2CCOCC2)n(S(=O)(=O)c2ccccc2)c2ccc(Cl)cc12. The van der Waals surface area contributed by atoms with Gasteiger partial charge in [-0.1, -0.05) is 29.8 Å². The average Bonchev–Trinajstić information content (AvgIpc) is 3.03. The smallest absolute Gasteiger partial charge is 0.268 e. The first-order chi connectivity index (χ1) is 14.2. The summed E-state index contributed by atoms with van der Waals surface area (Å²) < 4.78 is 33.9. The number of halogens is 1. The summed E-state index contributed by atoms with van der Waals surface area (Å²) in [5.74, 6) is -2.26. The zero-order valence-electron chi connectivity index (χ0n) is 16.5. The fourth-order valence-corrected chi connectivity index (χ4v) is 5.64. The van der Waals surface area contributed by atoms with E-state index in [2.05, 4.69) is 0 Å². The average molecular weight is 451 g/mol. The van der Waals surface area contributed by atoms with Gasteiger partial charge in [0.25, 0.3) is 10.0 Å². The van der Waals surface area contributed by atoms with Crippen molar-refractivity contribution in [2.24, 2.45) is 0 Å². The molecule has 3 aromatic rings. The van der Waals surface area contributed by atoms with E-state index in [1.54, 1.807) is 36.4 Å². The van der Waals surface area contributed by atoms with Crippen molar-refractivity contribution in [2.75, 3.05) is 26.3 Å². The molecule has 160 valence electrons. The van der Waals surface area contributed by atoms with Crippen LogP contribution in [-0.2, 0) is 27.1 Å². The maximum absolute atomic E-state index is 13.7. The Morgan fingerprint density at radius 3 is 2.40 bits per heavy atom. The summed E-state index contributed by atoms with van der Waals surface area (Å²) in [6, 6.07) is 12.8. The first-order valence-electron chi connectivity index (χ1n) is 9.58. The summed E-state index contributed by atoms with van der Waals surface area (Å²) in [7, 11) is -4.01. The van der Waals surface area contributed by atoms with E-state index in [4.69, 9.17) is 16.3 Å². The lowest BCUT2D eigenvalue weighted by Crippen LogP contribution is -2.37. The number of ether oxygens (including phenoxy) is 1. The molecule has 0 radical (unpaired) electrons. The second kappa shape index (κ2) is 7.96. The number of morpholine rings is 1. The van der Waals surface area contributed by atoms with Crippen molar-refractivity contribution in [2.45, 2.75) is 24.2 Å². The highest BCUT2D eigenvalue weighted by Gasteiger charge is 2.35. The summed E-state index contributed by atoms with van der Waals surface area (Å²) in [6.45, 7) is 3.73. The highest BCUT2D eigenvalue weighted by Crippen LogP contribution is 2.37. The molecule has 1 fully saturated rings. The molecule has 0 atom stereocenters. The molecule has 7 nitrogen and oxygen atoms in total. The van der Waals surface area contributed by atoms with Gasteiger partial charge in [0.2, 0.25) is 0 Å². The largest absolute Gasteiger partial charge is 0.379 e. The van der Waals surface area contributed by atoms with Gasteiger partial charge in [-0.3, -0.25) is 4.90 Å². The van der Waals surface area contributed by atoms with Crippen LogP contribution in [0.3, 0.4) is 0 Å². The van der Waals surface area contributed by atoms with Crippen molar-refractivity contribution in [3.63, 3.8) is 0 Å². The number of hydrogen-bond acceptors (Lipinski definition) is 6. The molecule has 0 aliphatic carbocycles. The quantitative estimate of drug-likeness (QED) is 0.580. The zero-order valence-corrected chi connectivity index (χ0v) is 18.0. The van der Waals surface area contributed by atoms with Crippen LogP contribution < -0.4 is 0 Å². The minimum absolute atomic E-state index is 0.115. The van der Waals surface area contributed by atoms with Crippen molar-refractivity contribution in [1.29, 1.82) is 0 Å². The van der Waals surface area contributed by atoms with Crippen LogP contribution in [0.25, 0.3) is 10.9 Å². The zero-order chi connectivity index (χ0) is 21.5. The molecule has 1 aliphatic rings. The third kappa shape index (κ3) is 3.87. The highest BCUT2D eigenvalue weighted by atomic mass is 35.5. The van der Waals surface area contributed by atoms with E-state index < -0.39 is 15.8 Å². The van der Waals surface area contributed by atoms with Gasteiger partial charge in [-0.15, -0.1) is 0 Å². The van der Waals surface area contributed by atoms with Crippen LogP contribution in [0.15, 0.2) is 53.4 Å². The first kappa shape index (κ1) is 21.3. The van der Waals surface area contributed by atoms with E-state index in [1.807, 2.05) is 4.90 Å². The van der Waals surface area contributed by atoms with Crippen molar-refractivity contribution < 1.29 is 23.4 Å². The van der Waals surface area contributed by atoms with E-state index in [0.29, 0.717) is 47.9 Å². The van der Waals surface area contributed by atoms with Gasteiger partial charge in [0.05, 0.1) is 29.3 Å². The number of rotatable bonds is 5. The lowest BCUT2D eigenvalue weighted by atomic mass is 10.0. The Labute approximate surface area is 180 Å². The van der Waals surface area contributed by atoms with Gasteiger partial charge in [-0.25, -0.2) is 12.4 Å². The third-order valence-corrected chi connectivity index (χ3v) is 7.21. The van der Waals surface area contributed by atoms with E-state index in [-0.39, 0.29) is 17.0 Å². The number of aliphatic hydroxyl groups is 2. The molecule has 1 aliphatic heterocycles. The van der Waals surface area contributed by atoms with Crippen LogP contribution in [0.2, 0.25) is 5.02 Å². The Balaban J connectivity index is 2.03. The maximum Gasteiger partial charge on any atom is 0.268 e. The number of hydrogen-bond donors (Lipinski definition) is 2. The summed E-state index contributed by atoms with van der Waals surface area (Å²) in [4.78, 5) is 2.15. The number of aromatic nitrogens is 1. The molecule has 2 aromatic carbocycles. The van der Waals surface area contributed by atoms with Gasteiger partial charge >= 0.3 is 0 Å². The van der Waals surface area contributed by atoms with E-state index in [0.717, 1.165) is 0 Å². The highest BCUT2D eigenvalue weighted by molar-refractivity contribution is 7.90. The van der Waals surface area contributed by atoms with Gasteiger partial charge in [0.15, 0.2) is 5.79 Å². The lowest BCUT2D eigenvalue weighted by molar-refractivity contribution is -0.152. The molecular weight excluding hydrogens is 428 g/mol. The summed E-state index contributed by atoms with van der Waals surface area (Å²) in [6.07, 6.45) is 0. The first-order valence-corrected chi connectivity index (χ1v) is 11.4. The Bertz CT molecular complexity index is 1160. The fourth-order valence-electron chi connectivity index (χ4n) is 3.90. The Kier molecular flexibility index (Phi) is 5.65. The van der Waals surface area contributed by atoms with E-state index in [1.165, 1.54) is 23.0 Å². The van der Waals surface area contributed by atoms with Crippen LogP contribution in [0, 0.1) is 0 Å². The predicted octanol–water partition coefficient (Wildman–Crippen LogP) is 2.52. The molecule has 0 spiro atoms. The number of benzene rings is 2. The predicted molar refractivity (Wildman–Crippen MR) is 114 cm³/mol. The van der Waals surface area contributed by atoms with Crippen molar-refractivity contribution in [1.82, 2.24) is 8.87 Å². The molecule has 4 rings (SSSR count). The van der Waals surface area contributed by atoms with Gasteiger partial charge in [-0.05, 0) is 37.3 Å². The molecule has 1 aromatic heterocycles. The normalized spacial score (nSPS) is 16.3. The molecule has 0 saturated carbocycles. The maximum atomic E-state index is 13.7. The summed E-state index contributed by atoms with van der Waals surface area (Å²) >= 11 is 6.18. The molecule has 0 unspecified atom stereocenters. The Hall–Kier alpha value is -1.94. The molecule has 2 N–H and O–H groups in total. The van der Waals surface area contributed by atoms with Crippen LogP contribution in [-0.4, -0.2) is 53.8 Å². The van der Waals surface area contributed by atoms with Crippen LogP contribution in [0.4, 0.5) is 0 Å². The van der Waals surface area contributed by atoms with Crippen LogP contribution >= 0.6 is 11.6 Å². The minimum Gasteiger partial charge on any atom is -0.379 e. The minimum atomic E-state index is -4.01. The topological polar surface area (TPSA) is 92.0 Å². The lowest BCUT2D eigenvalue weighted by Gasteiger charge is -2.28. The van der Waals surface area contributed by atoms with Gasteiger partial charge < -0.3 is 14.9 Å². The van der Waals surface area contributed by atoms with E-state index in [9.17, 15) is 18.6 Å². The third-order valence-electron chi connectivity index (χ3n) is 5.21. The number of nitrogens with zero attached hydrogens (tertiary/aromatic N) is 2. The van der Waals surface area contributed by atoms with Crippen LogP contribution in [0.5, 0.6) is 0 Å². The molecule has 1 saturated heterocycles. The van der Waals surface area contributed by atoms with Crippen LogP contribution in [0.1, 0.15) is 18.2 Å². The standard InChI is InChI=1S/C21H23ClN2O5S/c1-21(25,26)20-17-13-15(22)7-8-18(17)24(19(20)14-23-9-11-29-12-10-23)30(27,28)16-5-3-2-4-6-16/h2-8,13,25-26H,9-12,14H2,1H3. The van der Waals surface area contributed by atoms with Gasteiger partial charge in [0, 0.05) is 35.6 Å². The summed E-state index contributed by atoms with van der Waals surface area (Å²) in [5.41, 5.74) is 0.771. The fraction of sp³-hybridized carbons (Fsp3) is 0.333. The molecule has 0 amide bonds. The second-order valence-corrected chi connectivity index (χ2v) is 9.70. The van der Waals surface area contributed by atoms with E-state index >= 15 is 0 Å².